The number of hydrogen-bond donors (Lipinski definition) is 2. The summed E-state index contributed by atoms with van der Waals surface area (Å²) in [5, 5.41) is 6.66. The van der Waals surface area contributed by atoms with E-state index in [4.69, 9.17) is 4.74 Å². The second-order valence-electron chi connectivity index (χ2n) is 7.30. The zero-order valence-corrected chi connectivity index (χ0v) is 17.3. The largest absolute Gasteiger partial charge is 0.380 e. The second-order valence-corrected chi connectivity index (χ2v) is 7.30. The molecule has 0 saturated carbocycles. The highest BCUT2D eigenvalue weighted by molar-refractivity contribution is 5.79. The summed E-state index contributed by atoms with van der Waals surface area (Å²) in [4.78, 5) is 6.88. The molecule has 1 fully saturated rings. The molecule has 2 N–H and O–H groups in total. The van der Waals surface area contributed by atoms with E-state index in [1.807, 2.05) is 14.0 Å². The van der Waals surface area contributed by atoms with Gasteiger partial charge in [-0.25, -0.2) is 0 Å². The topological polar surface area (TPSA) is 48.9 Å². The van der Waals surface area contributed by atoms with Gasteiger partial charge in [0.1, 0.15) is 0 Å². The Hall–Kier alpha value is -1.59. The minimum Gasteiger partial charge on any atom is -0.380 e. The molecule has 5 heteroatoms. The molecule has 1 aromatic rings. The highest BCUT2D eigenvalue weighted by Gasteiger charge is 2.18. The Labute approximate surface area is 165 Å². The number of rotatable bonds is 11. The van der Waals surface area contributed by atoms with Crippen LogP contribution in [0.15, 0.2) is 35.3 Å². The van der Waals surface area contributed by atoms with Gasteiger partial charge in [0.2, 0.25) is 0 Å². The van der Waals surface area contributed by atoms with Crippen molar-refractivity contribution in [2.45, 2.75) is 39.0 Å². The maximum absolute atomic E-state index is 5.33. The number of benzene rings is 1. The van der Waals surface area contributed by atoms with Crippen LogP contribution in [0.4, 0.5) is 0 Å². The number of likely N-dealkylation sites (tertiary alicyclic amines) is 1. The lowest BCUT2D eigenvalue weighted by atomic mass is 9.90. The van der Waals surface area contributed by atoms with E-state index in [2.05, 4.69) is 50.9 Å². The molecule has 1 saturated heterocycles. The first-order valence-corrected chi connectivity index (χ1v) is 10.6. The van der Waals surface area contributed by atoms with Crippen molar-refractivity contribution in [3.8, 4) is 0 Å². The summed E-state index contributed by atoms with van der Waals surface area (Å²) in [6.07, 6.45) is 6.34. The minimum absolute atomic E-state index is 0.720. The Balaban J connectivity index is 1.49. The van der Waals surface area contributed by atoms with Gasteiger partial charge in [-0.1, -0.05) is 30.3 Å². The van der Waals surface area contributed by atoms with Crippen molar-refractivity contribution in [1.82, 2.24) is 15.5 Å². The molecule has 0 unspecified atom stereocenters. The number of hydrogen-bond acceptors (Lipinski definition) is 3. The van der Waals surface area contributed by atoms with Crippen LogP contribution in [-0.4, -0.2) is 63.8 Å². The molecule has 0 aliphatic carbocycles. The predicted molar refractivity (Wildman–Crippen MR) is 114 cm³/mol. The fourth-order valence-electron chi connectivity index (χ4n) is 3.64. The van der Waals surface area contributed by atoms with Crippen molar-refractivity contribution < 1.29 is 4.74 Å². The van der Waals surface area contributed by atoms with Gasteiger partial charge in [0.15, 0.2) is 5.96 Å². The number of unbranched alkanes of at least 4 members (excludes halogenated alkanes) is 1. The quantitative estimate of drug-likeness (QED) is 0.355. The Morgan fingerprint density at radius 2 is 1.85 bits per heavy atom. The Kier molecular flexibility index (Phi) is 10.9. The van der Waals surface area contributed by atoms with Gasteiger partial charge in [-0.15, -0.1) is 0 Å². The zero-order valence-electron chi connectivity index (χ0n) is 17.3. The SMILES string of the molecule is CCOCCNC(=NC)NCCCCN1CCC(Cc2ccccc2)CC1. The van der Waals surface area contributed by atoms with E-state index < -0.39 is 0 Å². The predicted octanol–water partition coefficient (Wildman–Crippen LogP) is 2.92. The summed E-state index contributed by atoms with van der Waals surface area (Å²) in [5.74, 6) is 1.73. The van der Waals surface area contributed by atoms with Gasteiger partial charge < -0.3 is 20.3 Å². The third kappa shape index (κ3) is 9.25. The van der Waals surface area contributed by atoms with Crippen molar-refractivity contribution in [1.29, 1.82) is 0 Å². The molecular formula is C22H38N4O. The summed E-state index contributed by atoms with van der Waals surface area (Å²) in [6, 6.07) is 10.9. The van der Waals surface area contributed by atoms with Crippen LogP contribution in [0.5, 0.6) is 0 Å². The second kappa shape index (κ2) is 13.6. The van der Waals surface area contributed by atoms with Crippen molar-refractivity contribution in [3.63, 3.8) is 0 Å². The van der Waals surface area contributed by atoms with Crippen LogP contribution in [0.1, 0.15) is 38.2 Å². The number of aliphatic imine (C=N–C) groups is 1. The van der Waals surface area contributed by atoms with Gasteiger partial charge in [-0.2, -0.15) is 0 Å². The van der Waals surface area contributed by atoms with Crippen LogP contribution in [-0.2, 0) is 11.2 Å². The fraction of sp³-hybridized carbons (Fsp3) is 0.682. The monoisotopic (exact) mass is 374 g/mol. The van der Waals surface area contributed by atoms with Gasteiger partial charge in [-0.05, 0) is 70.1 Å². The number of ether oxygens (including phenoxy) is 1. The van der Waals surface area contributed by atoms with Crippen molar-refractivity contribution >= 4 is 5.96 Å². The molecule has 1 aliphatic heterocycles. The maximum Gasteiger partial charge on any atom is 0.191 e. The van der Waals surface area contributed by atoms with Gasteiger partial charge >= 0.3 is 0 Å². The number of nitrogens with zero attached hydrogens (tertiary/aromatic N) is 2. The van der Waals surface area contributed by atoms with Crippen LogP contribution in [0, 0.1) is 5.92 Å². The third-order valence-corrected chi connectivity index (χ3v) is 5.23. The summed E-state index contributed by atoms with van der Waals surface area (Å²) < 4.78 is 5.33. The molecule has 1 aromatic carbocycles. The molecule has 2 rings (SSSR count). The summed E-state index contributed by atoms with van der Waals surface area (Å²) in [7, 11) is 1.82. The zero-order chi connectivity index (χ0) is 19.2. The molecule has 0 aromatic heterocycles. The molecular weight excluding hydrogens is 336 g/mol. The van der Waals surface area contributed by atoms with E-state index in [0.29, 0.717) is 0 Å². The van der Waals surface area contributed by atoms with Crippen LogP contribution >= 0.6 is 0 Å². The van der Waals surface area contributed by atoms with E-state index >= 15 is 0 Å². The lowest BCUT2D eigenvalue weighted by molar-refractivity contribution is 0.152. The molecule has 0 radical (unpaired) electrons. The number of piperidine rings is 1. The van der Waals surface area contributed by atoms with Crippen molar-refractivity contribution in [3.05, 3.63) is 35.9 Å². The van der Waals surface area contributed by atoms with Gasteiger partial charge in [-0.3, -0.25) is 4.99 Å². The smallest absolute Gasteiger partial charge is 0.191 e. The Morgan fingerprint density at radius 3 is 2.56 bits per heavy atom. The molecule has 27 heavy (non-hydrogen) atoms. The Morgan fingerprint density at radius 1 is 1.11 bits per heavy atom. The number of nitrogens with one attached hydrogen (secondary N) is 2. The minimum atomic E-state index is 0.720. The van der Waals surface area contributed by atoms with Gasteiger partial charge in [0.25, 0.3) is 0 Å². The van der Waals surface area contributed by atoms with Crippen LogP contribution < -0.4 is 10.6 Å². The lowest BCUT2D eigenvalue weighted by Gasteiger charge is -2.32. The fourth-order valence-corrected chi connectivity index (χ4v) is 3.64. The molecule has 0 spiro atoms. The van der Waals surface area contributed by atoms with Crippen molar-refractivity contribution in [2.24, 2.45) is 10.9 Å². The average molecular weight is 375 g/mol. The van der Waals surface area contributed by atoms with Gasteiger partial charge in [0, 0.05) is 26.7 Å². The van der Waals surface area contributed by atoms with E-state index in [0.717, 1.165) is 38.2 Å². The van der Waals surface area contributed by atoms with E-state index in [9.17, 15) is 0 Å². The molecule has 0 bridgehead atoms. The standard InChI is InChI=1S/C22H38N4O/c1-3-27-18-14-25-22(23-2)24-13-7-8-15-26-16-11-21(12-17-26)19-20-9-5-4-6-10-20/h4-6,9-10,21H,3,7-8,11-19H2,1-2H3,(H2,23,24,25). The summed E-state index contributed by atoms with van der Waals surface area (Å²) >= 11 is 0. The van der Waals surface area contributed by atoms with E-state index in [-0.39, 0.29) is 0 Å². The maximum atomic E-state index is 5.33. The third-order valence-electron chi connectivity index (χ3n) is 5.23. The molecule has 152 valence electrons. The molecule has 0 atom stereocenters. The lowest BCUT2D eigenvalue weighted by Crippen LogP contribution is -2.39. The average Bonchev–Trinajstić information content (AvgIpc) is 2.71. The van der Waals surface area contributed by atoms with Crippen LogP contribution in [0.2, 0.25) is 0 Å². The summed E-state index contributed by atoms with van der Waals surface area (Å²) in [6.45, 7) is 8.99. The van der Waals surface area contributed by atoms with E-state index in [1.54, 1.807) is 0 Å². The van der Waals surface area contributed by atoms with Crippen LogP contribution in [0.3, 0.4) is 0 Å². The summed E-state index contributed by atoms with van der Waals surface area (Å²) in [5.41, 5.74) is 1.49. The van der Waals surface area contributed by atoms with Gasteiger partial charge in [0.05, 0.1) is 6.61 Å². The molecule has 0 amide bonds. The molecule has 1 aliphatic rings. The normalized spacial score (nSPS) is 16.4. The van der Waals surface area contributed by atoms with Crippen LogP contribution in [0.25, 0.3) is 0 Å². The molecule has 5 nitrogen and oxygen atoms in total. The van der Waals surface area contributed by atoms with E-state index in [1.165, 1.54) is 57.3 Å². The first kappa shape index (κ1) is 21.7. The first-order valence-electron chi connectivity index (χ1n) is 10.6. The highest BCUT2D eigenvalue weighted by Crippen LogP contribution is 2.21. The highest BCUT2D eigenvalue weighted by atomic mass is 16.5. The Bertz CT molecular complexity index is 512. The van der Waals surface area contributed by atoms with Crippen molar-refractivity contribution in [2.75, 3.05) is 53.0 Å². The molecule has 1 heterocycles. The first-order chi connectivity index (χ1) is 13.3. The number of guanidine groups is 1.